The van der Waals surface area contributed by atoms with Gasteiger partial charge in [0, 0.05) is 0 Å². The Morgan fingerprint density at radius 1 is 1.38 bits per heavy atom. The van der Waals surface area contributed by atoms with Crippen LogP contribution in [0.3, 0.4) is 0 Å². The number of nitrogens with zero attached hydrogens (tertiary/aromatic N) is 4. The van der Waals surface area contributed by atoms with Gasteiger partial charge in [0.15, 0.2) is 23.2 Å². The highest BCUT2D eigenvalue weighted by atomic mass is 31.2. The zero-order valence-corrected chi connectivity index (χ0v) is 12.7. The van der Waals surface area contributed by atoms with Crippen molar-refractivity contribution in [2.24, 2.45) is 0 Å². The number of anilines is 1. The van der Waals surface area contributed by atoms with Crippen LogP contribution < -0.4 is 5.73 Å². The summed E-state index contributed by atoms with van der Waals surface area (Å²) in [5, 5.41) is 20.0. The van der Waals surface area contributed by atoms with Crippen LogP contribution in [0, 0.1) is 6.08 Å². The highest BCUT2D eigenvalue weighted by Gasteiger charge is 2.45. The first-order valence-corrected chi connectivity index (χ1v) is 8.07. The molecule has 12 nitrogen and oxygen atoms in total. The van der Waals surface area contributed by atoms with Crippen LogP contribution in [-0.4, -0.2) is 64.4 Å². The molecule has 0 unspecified atom stereocenters. The number of halogens is 1. The number of hydrogen-bond acceptors (Lipinski definition) is 9. The number of aliphatic hydroxyl groups excluding tert-OH is 2. The normalized spacial score (nSPS) is 27.9. The van der Waals surface area contributed by atoms with E-state index in [-0.39, 0.29) is 17.0 Å². The Kier molecular flexibility index (Phi) is 4.25. The average molecular weight is 365 g/mol. The van der Waals surface area contributed by atoms with Crippen molar-refractivity contribution in [1.82, 2.24) is 19.5 Å². The predicted octanol–water partition coefficient (Wildman–Crippen LogP) is -1.72. The maximum Gasteiger partial charge on any atom is 0.469 e. The Morgan fingerprint density at radius 2 is 2.08 bits per heavy atom. The molecule has 1 aliphatic heterocycles. The van der Waals surface area contributed by atoms with Crippen LogP contribution in [-0.2, 0) is 13.8 Å². The van der Waals surface area contributed by atoms with Crippen LogP contribution in [0.2, 0.25) is 0 Å². The van der Waals surface area contributed by atoms with E-state index in [0.717, 1.165) is 10.9 Å². The maximum atomic E-state index is 13.3. The Hall–Kier alpha value is -1.73. The summed E-state index contributed by atoms with van der Waals surface area (Å²) >= 11 is 0. The van der Waals surface area contributed by atoms with Gasteiger partial charge in [-0.15, -0.1) is 0 Å². The van der Waals surface area contributed by atoms with E-state index in [4.69, 9.17) is 20.3 Å². The summed E-state index contributed by atoms with van der Waals surface area (Å²) in [6, 6.07) is 0. The van der Waals surface area contributed by atoms with Crippen molar-refractivity contribution in [2.45, 2.75) is 24.5 Å². The van der Waals surface area contributed by atoms with Crippen LogP contribution in [0.5, 0.6) is 0 Å². The van der Waals surface area contributed by atoms with Crippen molar-refractivity contribution in [2.75, 3.05) is 12.3 Å². The van der Waals surface area contributed by atoms with Gasteiger partial charge in [0.25, 0.3) is 0 Å². The summed E-state index contributed by atoms with van der Waals surface area (Å²) in [5.74, 6) is -0.217. The molecule has 0 aliphatic carbocycles. The van der Waals surface area contributed by atoms with Crippen molar-refractivity contribution in [3.8, 4) is 0 Å². The second kappa shape index (κ2) is 5.97. The van der Waals surface area contributed by atoms with Gasteiger partial charge in [-0.25, -0.2) is 9.55 Å². The molecule has 132 valence electrons. The molecule has 6 N–H and O–H groups in total. The van der Waals surface area contributed by atoms with Crippen LogP contribution in [0.25, 0.3) is 11.2 Å². The Balaban J connectivity index is 1.89. The summed E-state index contributed by atoms with van der Waals surface area (Å²) in [6.07, 6.45) is -5.46. The smallest absolute Gasteiger partial charge is 0.387 e. The molecule has 0 radical (unpaired) electrons. The predicted molar refractivity (Wildman–Crippen MR) is 73.6 cm³/mol. The molecule has 1 fully saturated rings. The molecule has 3 heterocycles. The lowest BCUT2D eigenvalue weighted by Crippen LogP contribution is -2.33. The molecule has 2 aromatic rings. The molecule has 1 saturated heterocycles. The van der Waals surface area contributed by atoms with Gasteiger partial charge < -0.3 is 30.5 Å². The number of ether oxygens (including phenoxy) is 1. The zero-order valence-electron chi connectivity index (χ0n) is 11.8. The summed E-state index contributed by atoms with van der Waals surface area (Å²) in [4.78, 5) is 28.1. The van der Waals surface area contributed by atoms with Crippen LogP contribution >= 0.6 is 7.82 Å². The van der Waals surface area contributed by atoms with E-state index < -0.39 is 45.0 Å². The summed E-state index contributed by atoms with van der Waals surface area (Å²) in [5.41, 5.74) is 5.52. The minimum absolute atomic E-state index is 0.0663. The topological polar surface area (TPSA) is 186 Å². The molecule has 14 heteroatoms. The molecule has 0 spiro atoms. The average Bonchev–Trinajstić information content (AvgIpc) is 3.00. The highest BCUT2D eigenvalue weighted by molar-refractivity contribution is 7.46. The Morgan fingerprint density at radius 3 is 2.75 bits per heavy atom. The molecule has 1 aliphatic rings. The lowest BCUT2D eigenvalue weighted by Gasteiger charge is -2.16. The molecule has 3 rings (SSSR count). The van der Waals surface area contributed by atoms with Gasteiger partial charge in [-0.2, -0.15) is 14.4 Å². The second-order valence-electron chi connectivity index (χ2n) is 5.03. The number of fused-ring (bicyclic) bond motifs is 1. The van der Waals surface area contributed by atoms with E-state index in [1.54, 1.807) is 0 Å². The van der Waals surface area contributed by atoms with Gasteiger partial charge in [0.2, 0.25) is 0 Å². The lowest BCUT2D eigenvalue weighted by atomic mass is 10.1. The van der Waals surface area contributed by atoms with Crippen molar-refractivity contribution in [3.63, 3.8) is 0 Å². The van der Waals surface area contributed by atoms with Crippen LogP contribution in [0.4, 0.5) is 10.2 Å². The van der Waals surface area contributed by atoms with Gasteiger partial charge in [0.1, 0.15) is 18.3 Å². The first-order chi connectivity index (χ1) is 11.2. The molecule has 24 heavy (non-hydrogen) atoms. The van der Waals surface area contributed by atoms with Crippen molar-refractivity contribution in [1.29, 1.82) is 0 Å². The van der Waals surface area contributed by atoms with E-state index in [1.165, 1.54) is 0 Å². The Labute approximate surface area is 132 Å². The van der Waals surface area contributed by atoms with Gasteiger partial charge in [-0.05, 0) is 0 Å². The maximum absolute atomic E-state index is 13.3. The quantitative estimate of drug-likeness (QED) is 0.306. The van der Waals surface area contributed by atoms with Crippen molar-refractivity contribution in [3.05, 3.63) is 12.4 Å². The number of hydrogen-bond donors (Lipinski definition) is 5. The number of phosphoric acid groups is 1. The number of phosphoric ester groups is 1. The fraction of sp³-hybridized carbons (Fsp3) is 0.500. The molecule has 0 saturated carbocycles. The molecular weight excluding hydrogens is 352 g/mol. The number of rotatable bonds is 4. The lowest BCUT2D eigenvalue weighted by molar-refractivity contribution is -0.0504. The van der Waals surface area contributed by atoms with E-state index >= 15 is 0 Å². The van der Waals surface area contributed by atoms with E-state index in [2.05, 4.69) is 19.5 Å². The minimum Gasteiger partial charge on any atom is -0.387 e. The molecule has 0 amide bonds. The number of aromatic nitrogens is 4. The molecule has 2 aromatic heterocycles. The van der Waals surface area contributed by atoms with Gasteiger partial charge in [0.05, 0.1) is 12.9 Å². The van der Waals surface area contributed by atoms with E-state index in [1.807, 2.05) is 0 Å². The minimum atomic E-state index is -4.78. The third-order valence-electron chi connectivity index (χ3n) is 3.44. The fourth-order valence-corrected chi connectivity index (χ4v) is 2.71. The molecule has 0 bridgehead atoms. The van der Waals surface area contributed by atoms with Crippen LogP contribution in [0.15, 0.2) is 6.33 Å². The largest absolute Gasteiger partial charge is 0.469 e. The fourth-order valence-electron chi connectivity index (χ4n) is 2.36. The number of imidazole rings is 1. The van der Waals surface area contributed by atoms with E-state index in [9.17, 15) is 19.2 Å². The van der Waals surface area contributed by atoms with Gasteiger partial charge >= 0.3 is 13.9 Å². The van der Waals surface area contributed by atoms with Gasteiger partial charge in [-0.1, -0.05) is 0 Å². The van der Waals surface area contributed by atoms with Gasteiger partial charge in [-0.3, -0.25) is 9.09 Å². The molecular formula is C10H13FN5O7P. The first kappa shape index (κ1) is 17.1. The summed E-state index contributed by atoms with van der Waals surface area (Å²) in [7, 11) is -4.78. The SMILES string of the molecule is Nc1nc(F)nc2c1ncn2[C@@H]1O[C@H](COP(=O)(O)O)[C@H](O)[C@H]1O. The Bertz CT molecular complexity index is 812. The standard InChI is InChI=1S/C10H13FN5O7P/c11-10-14-7(12)4-8(15-10)16(2-13-4)9-6(18)5(17)3(23-9)1-22-24(19,20)21/h2-3,5-6,9,17-18H,1H2,(H2,12,14,15)(H2,19,20,21)/t3-,5+,6-,9-/m1/s1. The molecule has 4 atom stereocenters. The third kappa shape index (κ3) is 3.10. The molecule has 0 aromatic carbocycles. The third-order valence-corrected chi connectivity index (χ3v) is 3.92. The number of nitrogens with two attached hydrogens (primary N) is 1. The summed E-state index contributed by atoms with van der Waals surface area (Å²) < 4.78 is 34.8. The summed E-state index contributed by atoms with van der Waals surface area (Å²) in [6.45, 7) is -0.670. The van der Waals surface area contributed by atoms with Crippen molar-refractivity contribution >= 4 is 24.8 Å². The number of aliphatic hydroxyl groups is 2. The highest BCUT2D eigenvalue weighted by Crippen LogP contribution is 2.38. The second-order valence-corrected chi connectivity index (χ2v) is 6.27. The van der Waals surface area contributed by atoms with E-state index in [0.29, 0.717) is 0 Å². The van der Waals surface area contributed by atoms with Crippen LogP contribution in [0.1, 0.15) is 6.23 Å². The number of nitrogen functional groups attached to an aromatic ring is 1. The first-order valence-electron chi connectivity index (χ1n) is 6.54. The monoisotopic (exact) mass is 365 g/mol. The van der Waals surface area contributed by atoms with Crippen molar-refractivity contribution < 1.29 is 38.2 Å². The zero-order chi connectivity index (χ0) is 17.6.